The number of aromatic amines is 1. The minimum atomic E-state index is -0.166. The molecule has 5 rings (SSSR count). The maximum absolute atomic E-state index is 12.3. The molecule has 2 atom stereocenters. The van der Waals surface area contributed by atoms with Gasteiger partial charge in [-0.15, -0.1) is 0 Å². The standard InChI is InChI=1S/C19H22N8O/c20-12-3-1-2-4-13(12)24-19-25-15-9-21-18(28)16(15)17(26-19)23-11-6-5-10-8-22-27-14(10)7-11/h5-8,12-13H,1-4,9,20H2,(H,21,28)(H,22,27)(H2,23,24,25,26)/t12-,13+/m0/s1. The van der Waals surface area contributed by atoms with Crippen molar-refractivity contribution < 1.29 is 4.79 Å². The van der Waals surface area contributed by atoms with Crippen molar-refractivity contribution in [3.8, 4) is 0 Å². The Labute approximate surface area is 161 Å². The van der Waals surface area contributed by atoms with Crippen molar-refractivity contribution in [2.45, 2.75) is 44.3 Å². The number of H-pyrrole nitrogens is 1. The first-order valence-electron chi connectivity index (χ1n) is 9.59. The van der Waals surface area contributed by atoms with Crippen LogP contribution < -0.4 is 21.7 Å². The van der Waals surface area contributed by atoms with Gasteiger partial charge in [0.25, 0.3) is 5.91 Å². The van der Waals surface area contributed by atoms with Crippen LogP contribution in [0.4, 0.5) is 17.5 Å². The van der Waals surface area contributed by atoms with Gasteiger partial charge in [0, 0.05) is 23.2 Å². The van der Waals surface area contributed by atoms with Crippen LogP contribution in [0.5, 0.6) is 0 Å². The molecule has 1 fully saturated rings. The number of anilines is 3. The fraction of sp³-hybridized carbons (Fsp3) is 0.368. The van der Waals surface area contributed by atoms with E-state index in [0.717, 1.165) is 42.3 Å². The molecule has 28 heavy (non-hydrogen) atoms. The predicted molar refractivity (Wildman–Crippen MR) is 106 cm³/mol. The van der Waals surface area contributed by atoms with Crippen molar-refractivity contribution in [3.63, 3.8) is 0 Å². The number of nitrogens with one attached hydrogen (secondary N) is 4. The van der Waals surface area contributed by atoms with Crippen LogP contribution >= 0.6 is 0 Å². The number of carbonyl (C=O) groups is 1. The van der Waals surface area contributed by atoms with E-state index in [1.807, 2.05) is 18.2 Å². The molecule has 9 nitrogen and oxygen atoms in total. The molecule has 1 saturated carbocycles. The third-order valence-corrected chi connectivity index (χ3v) is 5.47. The summed E-state index contributed by atoms with van der Waals surface area (Å²) in [6.07, 6.45) is 6.07. The highest BCUT2D eigenvalue weighted by atomic mass is 16.2. The molecular formula is C19H22N8O. The average molecular weight is 378 g/mol. The second kappa shape index (κ2) is 6.75. The molecule has 0 unspecified atom stereocenters. The number of fused-ring (bicyclic) bond motifs is 2. The van der Waals surface area contributed by atoms with Crippen LogP contribution in [0, 0.1) is 0 Å². The molecule has 2 aliphatic rings. The third-order valence-electron chi connectivity index (χ3n) is 5.47. The highest BCUT2D eigenvalue weighted by Gasteiger charge is 2.28. The van der Waals surface area contributed by atoms with Crippen LogP contribution in [0.2, 0.25) is 0 Å². The van der Waals surface area contributed by atoms with Gasteiger partial charge in [-0.3, -0.25) is 9.89 Å². The molecule has 1 amide bonds. The summed E-state index contributed by atoms with van der Waals surface area (Å²) in [6.45, 7) is 0.399. The van der Waals surface area contributed by atoms with Crippen molar-refractivity contribution in [2.24, 2.45) is 5.73 Å². The van der Waals surface area contributed by atoms with E-state index >= 15 is 0 Å². The molecule has 0 bridgehead atoms. The van der Waals surface area contributed by atoms with Crippen LogP contribution in [-0.2, 0) is 6.54 Å². The molecule has 0 radical (unpaired) electrons. The number of aromatic nitrogens is 4. The van der Waals surface area contributed by atoms with E-state index in [2.05, 4.69) is 36.1 Å². The number of amides is 1. The number of nitrogens with two attached hydrogens (primary N) is 1. The van der Waals surface area contributed by atoms with Gasteiger partial charge < -0.3 is 21.7 Å². The molecule has 1 aliphatic carbocycles. The van der Waals surface area contributed by atoms with Gasteiger partial charge in [-0.05, 0) is 31.0 Å². The van der Waals surface area contributed by atoms with E-state index in [9.17, 15) is 4.79 Å². The Morgan fingerprint density at radius 3 is 2.96 bits per heavy atom. The summed E-state index contributed by atoms with van der Waals surface area (Å²) in [4.78, 5) is 21.5. The van der Waals surface area contributed by atoms with Gasteiger partial charge in [0.1, 0.15) is 11.4 Å². The molecule has 6 N–H and O–H groups in total. The molecule has 1 aliphatic heterocycles. The van der Waals surface area contributed by atoms with Crippen molar-refractivity contribution in [1.29, 1.82) is 0 Å². The van der Waals surface area contributed by atoms with Gasteiger partial charge in [-0.1, -0.05) is 12.8 Å². The lowest BCUT2D eigenvalue weighted by Crippen LogP contribution is -2.43. The van der Waals surface area contributed by atoms with Crippen LogP contribution in [0.15, 0.2) is 24.4 Å². The fourth-order valence-corrected chi connectivity index (χ4v) is 3.94. The Balaban J connectivity index is 1.48. The zero-order chi connectivity index (χ0) is 19.1. The zero-order valence-electron chi connectivity index (χ0n) is 15.3. The largest absolute Gasteiger partial charge is 0.350 e. The van der Waals surface area contributed by atoms with E-state index in [4.69, 9.17) is 5.73 Å². The van der Waals surface area contributed by atoms with E-state index in [-0.39, 0.29) is 18.0 Å². The number of hydrogen-bond donors (Lipinski definition) is 5. The molecule has 3 heterocycles. The van der Waals surface area contributed by atoms with Crippen molar-refractivity contribution in [1.82, 2.24) is 25.5 Å². The number of rotatable bonds is 4. The van der Waals surface area contributed by atoms with Gasteiger partial charge >= 0.3 is 0 Å². The summed E-state index contributed by atoms with van der Waals surface area (Å²) >= 11 is 0. The molecule has 144 valence electrons. The number of nitrogens with zero attached hydrogens (tertiary/aromatic N) is 3. The molecule has 3 aromatic rings. The third kappa shape index (κ3) is 3.03. The van der Waals surface area contributed by atoms with Gasteiger partial charge in [-0.2, -0.15) is 10.1 Å². The number of hydrogen-bond acceptors (Lipinski definition) is 7. The smallest absolute Gasteiger partial charge is 0.257 e. The first kappa shape index (κ1) is 16.9. The summed E-state index contributed by atoms with van der Waals surface area (Å²) in [5, 5.41) is 17.5. The molecule has 1 aromatic carbocycles. The van der Waals surface area contributed by atoms with Gasteiger partial charge in [0.05, 0.1) is 24.0 Å². The topological polar surface area (TPSA) is 134 Å². The van der Waals surface area contributed by atoms with Crippen molar-refractivity contribution >= 4 is 34.3 Å². The highest BCUT2D eigenvalue weighted by Crippen LogP contribution is 2.28. The lowest BCUT2D eigenvalue weighted by atomic mass is 9.91. The average Bonchev–Trinajstić information content (AvgIpc) is 3.30. The van der Waals surface area contributed by atoms with Gasteiger partial charge in [0.2, 0.25) is 5.95 Å². The predicted octanol–water partition coefficient (Wildman–Crippen LogP) is 2.02. The minimum absolute atomic E-state index is 0.0876. The molecule has 0 spiro atoms. The summed E-state index contributed by atoms with van der Waals surface area (Å²) < 4.78 is 0. The minimum Gasteiger partial charge on any atom is -0.350 e. The SMILES string of the molecule is N[C@H]1CCCC[C@H]1Nc1nc2c(c(Nc3ccc4cn[nH]c4c3)n1)C(=O)NC2. The first-order chi connectivity index (χ1) is 13.7. The van der Waals surface area contributed by atoms with Crippen LogP contribution in [0.25, 0.3) is 10.9 Å². The molecule has 2 aromatic heterocycles. The van der Waals surface area contributed by atoms with Gasteiger partial charge in [-0.25, -0.2) is 4.98 Å². The zero-order valence-corrected chi connectivity index (χ0v) is 15.3. The summed E-state index contributed by atoms with van der Waals surface area (Å²) in [6, 6.07) is 6.07. The number of carbonyl (C=O) groups excluding carboxylic acids is 1. The normalized spacial score (nSPS) is 21.4. The monoisotopic (exact) mass is 378 g/mol. The summed E-state index contributed by atoms with van der Waals surface area (Å²) in [5.41, 5.74) is 9.16. The van der Waals surface area contributed by atoms with E-state index in [0.29, 0.717) is 29.6 Å². The summed E-state index contributed by atoms with van der Waals surface area (Å²) in [7, 11) is 0. The van der Waals surface area contributed by atoms with Crippen LogP contribution in [-0.4, -0.2) is 38.2 Å². The number of benzene rings is 1. The van der Waals surface area contributed by atoms with E-state index in [1.165, 1.54) is 0 Å². The molecule has 0 saturated heterocycles. The summed E-state index contributed by atoms with van der Waals surface area (Å²) in [5.74, 6) is 0.828. The Morgan fingerprint density at radius 2 is 2.07 bits per heavy atom. The highest BCUT2D eigenvalue weighted by molar-refractivity contribution is 6.03. The Hall–Kier alpha value is -3.20. The fourth-order valence-electron chi connectivity index (χ4n) is 3.94. The Morgan fingerprint density at radius 1 is 1.18 bits per heavy atom. The quantitative estimate of drug-likeness (QED) is 0.469. The first-order valence-corrected chi connectivity index (χ1v) is 9.59. The molecular weight excluding hydrogens is 356 g/mol. The maximum Gasteiger partial charge on any atom is 0.257 e. The Kier molecular flexibility index (Phi) is 4.09. The lowest BCUT2D eigenvalue weighted by molar-refractivity contribution is 0.0966. The van der Waals surface area contributed by atoms with E-state index < -0.39 is 0 Å². The molecule has 9 heteroatoms. The van der Waals surface area contributed by atoms with Crippen molar-refractivity contribution in [3.05, 3.63) is 35.7 Å². The lowest BCUT2D eigenvalue weighted by Gasteiger charge is -2.29. The van der Waals surface area contributed by atoms with Crippen LogP contribution in [0.3, 0.4) is 0 Å². The van der Waals surface area contributed by atoms with Crippen LogP contribution in [0.1, 0.15) is 41.7 Å². The van der Waals surface area contributed by atoms with E-state index in [1.54, 1.807) is 6.20 Å². The van der Waals surface area contributed by atoms with Gasteiger partial charge in [0.15, 0.2) is 0 Å². The Bertz CT molecular complexity index is 1050. The maximum atomic E-state index is 12.3. The van der Waals surface area contributed by atoms with Crippen molar-refractivity contribution in [2.75, 3.05) is 10.6 Å². The second-order valence-electron chi connectivity index (χ2n) is 7.40. The second-order valence-corrected chi connectivity index (χ2v) is 7.40.